The predicted octanol–water partition coefficient (Wildman–Crippen LogP) is 6.11. The van der Waals surface area contributed by atoms with Gasteiger partial charge < -0.3 is 13.9 Å². The maximum atomic E-state index is 13.7. The van der Waals surface area contributed by atoms with Gasteiger partial charge in [-0.05, 0) is 60.2 Å². The lowest BCUT2D eigenvalue weighted by Gasteiger charge is -2.15. The number of halogens is 4. The zero-order valence-corrected chi connectivity index (χ0v) is 17.6. The quantitative estimate of drug-likeness (QED) is 0.306. The molecule has 0 spiro atoms. The van der Waals surface area contributed by atoms with Gasteiger partial charge in [0.05, 0.1) is 5.56 Å². The Hall–Kier alpha value is -3.88. The van der Waals surface area contributed by atoms with Gasteiger partial charge in [-0.2, -0.15) is 17.6 Å². The van der Waals surface area contributed by atoms with Crippen LogP contribution in [0.5, 0.6) is 11.5 Å². The maximum absolute atomic E-state index is 13.7. The first kappa shape index (κ1) is 21.9. The van der Waals surface area contributed by atoms with E-state index in [2.05, 4.69) is 14.5 Å². The minimum atomic E-state index is -2.96. The largest absolute Gasteiger partial charge is 0.435 e. The second kappa shape index (κ2) is 8.81. The lowest BCUT2D eigenvalue weighted by Crippen LogP contribution is -2.14. The number of ether oxygens (including phenoxy) is 2. The maximum Gasteiger partial charge on any atom is 0.387 e. The number of hydrogen-bond acceptors (Lipinski definition) is 4. The molecule has 0 saturated heterocycles. The molecule has 1 saturated carbocycles. The lowest BCUT2D eigenvalue weighted by molar-refractivity contribution is -0.0505. The standard InChI is InChI=1S/C25H18F4N2O3/c26-24(27)33-17-7-3-14(4-8-17)19-13-31-20(15-1-2-15)11-12-30-23(31)21(22(19)32)16-5-9-18(10-6-16)34-25(28)29/h3-13,15,24-25H,1-2H2. The van der Waals surface area contributed by atoms with E-state index in [4.69, 9.17) is 0 Å². The van der Waals surface area contributed by atoms with Crippen molar-refractivity contribution in [3.8, 4) is 33.8 Å². The lowest BCUT2D eigenvalue weighted by atomic mass is 9.99. The van der Waals surface area contributed by atoms with E-state index in [-0.39, 0.29) is 16.9 Å². The van der Waals surface area contributed by atoms with Crippen molar-refractivity contribution >= 4 is 5.65 Å². The van der Waals surface area contributed by atoms with Crippen LogP contribution in [-0.4, -0.2) is 22.6 Å². The van der Waals surface area contributed by atoms with Gasteiger partial charge in [0.1, 0.15) is 17.1 Å². The van der Waals surface area contributed by atoms with Crippen molar-refractivity contribution in [1.29, 1.82) is 0 Å². The van der Waals surface area contributed by atoms with E-state index in [0.717, 1.165) is 18.5 Å². The van der Waals surface area contributed by atoms with E-state index < -0.39 is 13.2 Å². The van der Waals surface area contributed by atoms with E-state index in [1.54, 1.807) is 12.4 Å². The van der Waals surface area contributed by atoms with E-state index >= 15 is 0 Å². The van der Waals surface area contributed by atoms with Crippen molar-refractivity contribution < 1.29 is 27.0 Å². The number of fused-ring (bicyclic) bond motifs is 1. The normalized spacial score (nSPS) is 13.6. The highest BCUT2D eigenvalue weighted by Crippen LogP contribution is 2.40. The molecule has 0 bridgehead atoms. The monoisotopic (exact) mass is 470 g/mol. The fraction of sp³-hybridized carbons (Fsp3) is 0.200. The molecular weight excluding hydrogens is 452 g/mol. The molecule has 2 aromatic carbocycles. The van der Waals surface area contributed by atoms with Crippen LogP contribution in [0.4, 0.5) is 17.6 Å². The van der Waals surface area contributed by atoms with Gasteiger partial charge in [-0.3, -0.25) is 4.79 Å². The Labute approximate surface area is 191 Å². The van der Waals surface area contributed by atoms with E-state index in [0.29, 0.717) is 33.8 Å². The molecule has 0 radical (unpaired) electrons. The van der Waals surface area contributed by atoms with Crippen molar-refractivity contribution in [3.63, 3.8) is 0 Å². The molecule has 2 aromatic heterocycles. The van der Waals surface area contributed by atoms with Gasteiger partial charge in [-0.1, -0.05) is 24.3 Å². The van der Waals surface area contributed by atoms with Crippen molar-refractivity contribution in [2.75, 3.05) is 0 Å². The van der Waals surface area contributed by atoms with Crippen LogP contribution in [0.2, 0.25) is 0 Å². The van der Waals surface area contributed by atoms with Crippen LogP contribution in [0.1, 0.15) is 24.5 Å². The van der Waals surface area contributed by atoms with Crippen LogP contribution in [0, 0.1) is 0 Å². The van der Waals surface area contributed by atoms with Gasteiger partial charge in [0.15, 0.2) is 5.43 Å². The first-order valence-electron chi connectivity index (χ1n) is 10.6. The molecule has 1 aliphatic carbocycles. The fourth-order valence-corrected chi connectivity index (χ4v) is 3.99. The Morgan fingerprint density at radius 2 is 1.38 bits per heavy atom. The summed E-state index contributed by atoms with van der Waals surface area (Å²) in [6.07, 6.45) is 5.40. The molecule has 1 fully saturated rings. The average Bonchev–Trinajstić information content (AvgIpc) is 3.64. The molecule has 0 aliphatic heterocycles. The summed E-state index contributed by atoms with van der Waals surface area (Å²) in [5.74, 6) is 0.299. The first-order chi connectivity index (χ1) is 16.4. The molecule has 2 heterocycles. The van der Waals surface area contributed by atoms with Gasteiger partial charge in [0.25, 0.3) is 0 Å². The number of nitrogens with zero attached hydrogens (tertiary/aromatic N) is 2. The van der Waals surface area contributed by atoms with Crippen molar-refractivity contribution in [2.24, 2.45) is 0 Å². The number of rotatable bonds is 7. The molecule has 0 amide bonds. The van der Waals surface area contributed by atoms with Crippen LogP contribution in [0.25, 0.3) is 27.9 Å². The summed E-state index contributed by atoms with van der Waals surface area (Å²) < 4.78 is 60.8. The molecular formula is C25H18F4N2O3. The van der Waals surface area contributed by atoms with Gasteiger partial charge >= 0.3 is 13.2 Å². The topological polar surface area (TPSA) is 52.8 Å². The molecule has 0 atom stereocenters. The zero-order valence-electron chi connectivity index (χ0n) is 17.6. The average molecular weight is 470 g/mol. The molecule has 5 rings (SSSR count). The second-order valence-corrected chi connectivity index (χ2v) is 7.89. The van der Waals surface area contributed by atoms with Crippen molar-refractivity contribution in [2.45, 2.75) is 32.0 Å². The summed E-state index contributed by atoms with van der Waals surface area (Å²) in [6.45, 7) is -5.91. The number of pyridine rings is 1. The van der Waals surface area contributed by atoms with Gasteiger partial charge in [-0.15, -0.1) is 0 Å². The number of benzene rings is 2. The fourth-order valence-electron chi connectivity index (χ4n) is 3.99. The molecule has 5 nitrogen and oxygen atoms in total. The summed E-state index contributed by atoms with van der Waals surface area (Å²) >= 11 is 0. The summed E-state index contributed by atoms with van der Waals surface area (Å²) in [5, 5.41) is 0. The third-order valence-electron chi connectivity index (χ3n) is 5.66. The van der Waals surface area contributed by atoms with Gasteiger partial charge in [0, 0.05) is 23.7 Å². The highest BCUT2D eigenvalue weighted by molar-refractivity contribution is 5.82. The number of alkyl halides is 4. The van der Waals surface area contributed by atoms with Crippen molar-refractivity contribution in [1.82, 2.24) is 9.38 Å². The van der Waals surface area contributed by atoms with Gasteiger partial charge in [0.2, 0.25) is 0 Å². The Morgan fingerprint density at radius 1 is 0.824 bits per heavy atom. The summed E-state index contributed by atoms with van der Waals surface area (Å²) in [5.41, 5.74) is 2.77. The van der Waals surface area contributed by atoms with Crippen molar-refractivity contribution in [3.05, 3.63) is 82.9 Å². The highest BCUT2D eigenvalue weighted by Gasteiger charge is 2.27. The van der Waals surface area contributed by atoms with E-state index in [1.807, 2.05) is 10.5 Å². The Balaban J connectivity index is 1.69. The second-order valence-electron chi connectivity index (χ2n) is 7.89. The summed E-state index contributed by atoms with van der Waals surface area (Å²) in [6, 6.07) is 13.5. The van der Waals surface area contributed by atoms with Gasteiger partial charge in [-0.25, -0.2) is 4.98 Å². The van der Waals surface area contributed by atoms with E-state index in [1.165, 1.54) is 48.5 Å². The molecule has 174 valence electrons. The number of hydrogen-bond donors (Lipinski definition) is 0. The Bertz CT molecular complexity index is 1380. The third kappa shape index (κ3) is 4.33. The minimum absolute atomic E-state index is 0.0187. The highest BCUT2D eigenvalue weighted by atomic mass is 19.3. The zero-order chi connectivity index (χ0) is 23.8. The van der Waals surface area contributed by atoms with Crippen LogP contribution in [-0.2, 0) is 0 Å². The van der Waals surface area contributed by atoms with Crippen LogP contribution < -0.4 is 14.9 Å². The SMILES string of the molecule is O=c1c(-c2ccc(OC(F)F)cc2)cn2c(C3CC3)ccnc2c1-c1ccc(OC(F)F)cc1. The number of aromatic nitrogens is 2. The molecule has 1 aliphatic rings. The van der Waals surface area contributed by atoms with E-state index in [9.17, 15) is 22.4 Å². The smallest absolute Gasteiger partial charge is 0.387 e. The summed E-state index contributed by atoms with van der Waals surface area (Å²) in [4.78, 5) is 18.1. The first-order valence-corrected chi connectivity index (χ1v) is 10.6. The molecule has 0 unspecified atom stereocenters. The van der Waals surface area contributed by atoms with Crippen LogP contribution in [0.15, 0.2) is 71.8 Å². The Morgan fingerprint density at radius 3 is 1.91 bits per heavy atom. The minimum Gasteiger partial charge on any atom is -0.435 e. The molecule has 9 heteroatoms. The Kier molecular flexibility index (Phi) is 5.69. The predicted molar refractivity (Wildman–Crippen MR) is 118 cm³/mol. The molecule has 4 aromatic rings. The molecule has 34 heavy (non-hydrogen) atoms. The summed E-state index contributed by atoms with van der Waals surface area (Å²) in [7, 11) is 0. The molecule has 0 N–H and O–H groups in total. The third-order valence-corrected chi connectivity index (χ3v) is 5.66. The van der Waals surface area contributed by atoms with Crippen LogP contribution >= 0.6 is 0 Å². The van der Waals surface area contributed by atoms with Crippen LogP contribution in [0.3, 0.4) is 0 Å².